The van der Waals surface area contributed by atoms with Crippen molar-refractivity contribution in [1.82, 2.24) is 0 Å². The molecule has 0 aromatic heterocycles. The molecule has 0 aliphatic rings. The summed E-state index contributed by atoms with van der Waals surface area (Å²) in [4.78, 5) is 32.9. The van der Waals surface area contributed by atoms with Crippen LogP contribution in [0.5, 0.6) is 0 Å². The molecule has 0 unspecified atom stereocenters. The zero-order valence-corrected chi connectivity index (χ0v) is 12.0. The number of aliphatic carboxylic acids is 1. The van der Waals surface area contributed by atoms with Crippen LogP contribution in [0.4, 0.5) is 10.5 Å². The topological polar surface area (TPSA) is 113 Å². The smallest absolute Gasteiger partial charge is 0.411 e. The average molecular weight is 307 g/mol. The fourth-order valence-corrected chi connectivity index (χ4v) is 1.56. The van der Waals surface area contributed by atoms with Crippen molar-refractivity contribution in [1.29, 1.82) is 0 Å². The van der Waals surface area contributed by atoms with Gasteiger partial charge in [0.2, 0.25) is 0 Å². The monoisotopic (exact) mass is 307 g/mol. The van der Waals surface area contributed by atoms with Gasteiger partial charge in [-0.3, -0.25) is 10.1 Å². The molecule has 7 heteroatoms. The van der Waals surface area contributed by atoms with Crippen LogP contribution in [0.2, 0.25) is 0 Å². The Labute approximate surface area is 127 Å². The van der Waals surface area contributed by atoms with Crippen molar-refractivity contribution in [2.75, 3.05) is 11.9 Å². The lowest BCUT2D eigenvalue weighted by atomic mass is 10.1. The molecule has 0 heterocycles. The molecule has 1 aromatic rings. The van der Waals surface area contributed by atoms with E-state index in [1.165, 1.54) is 19.1 Å². The number of hydrogen-bond donors (Lipinski definition) is 3. The van der Waals surface area contributed by atoms with Crippen LogP contribution in [-0.4, -0.2) is 34.7 Å². The number of aliphatic hydroxyl groups excluding tert-OH is 1. The summed E-state index contributed by atoms with van der Waals surface area (Å²) in [5.74, 6) is -1.23. The fourth-order valence-electron chi connectivity index (χ4n) is 1.56. The van der Waals surface area contributed by atoms with Gasteiger partial charge in [-0.25, -0.2) is 9.59 Å². The number of rotatable bonds is 7. The summed E-state index contributed by atoms with van der Waals surface area (Å²) in [6.07, 6.45) is 1.60. The number of carboxylic acids is 1. The Hall–Kier alpha value is -2.67. The summed E-state index contributed by atoms with van der Waals surface area (Å²) in [5, 5.41) is 20.2. The molecule has 3 N–H and O–H groups in total. The van der Waals surface area contributed by atoms with E-state index in [9.17, 15) is 14.4 Å². The van der Waals surface area contributed by atoms with Crippen LogP contribution in [0.3, 0.4) is 0 Å². The number of amides is 1. The molecule has 0 fully saturated rings. The molecule has 0 bridgehead atoms. The first-order valence-corrected chi connectivity index (χ1v) is 6.50. The summed E-state index contributed by atoms with van der Waals surface area (Å²) in [5.41, 5.74) is 1.32. The lowest BCUT2D eigenvalue weighted by Crippen LogP contribution is -2.16. The van der Waals surface area contributed by atoms with Crippen molar-refractivity contribution in [2.45, 2.75) is 20.0 Å². The second-order valence-corrected chi connectivity index (χ2v) is 4.46. The van der Waals surface area contributed by atoms with Gasteiger partial charge in [0.15, 0.2) is 0 Å². The number of aliphatic hydroxyl groups is 1. The van der Waals surface area contributed by atoms with Gasteiger partial charge >= 0.3 is 12.1 Å². The number of carboxylic acid groups (broad SMARTS) is 1. The van der Waals surface area contributed by atoms with Gasteiger partial charge in [0.1, 0.15) is 12.4 Å². The molecule has 0 radical (unpaired) electrons. The summed E-state index contributed by atoms with van der Waals surface area (Å²) >= 11 is 0. The Morgan fingerprint density at radius 2 is 2.05 bits per heavy atom. The highest BCUT2D eigenvalue weighted by Crippen LogP contribution is 2.20. The summed E-state index contributed by atoms with van der Waals surface area (Å²) in [6.45, 7) is 1.15. The van der Waals surface area contributed by atoms with Gasteiger partial charge in [-0.05, 0) is 36.3 Å². The molecule has 0 saturated heterocycles. The van der Waals surface area contributed by atoms with E-state index in [-0.39, 0.29) is 25.4 Å². The molecule has 7 nitrogen and oxygen atoms in total. The highest BCUT2D eigenvalue weighted by atomic mass is 16.5. The molecule has 1 amide bonds. The number of hydrogen-bond acceptors (Lipinski definition) is 5. The second kappa shape index (κ2) is 8.58. The summed E-state index contributed by atoms with van der Waals surface area (Å²) in [6, 6.07) is 4.66. The van der Waals surface area contributed by atoms with Gasteiger partial charge < -0.3 is 14.9 Å². The Kier molecular flexibility index (Phi) is 6.78. The lowest BCUT2D eigenvalue weighted by molar-refractivity contribution is -0.131. The molecule has 118 valence electrons. The number of carbonyl (C=O) groups excluding carboxylic acids is 2. The predicted octanol–water partition coefficient (Wildman–Crippen LogP) is 1.80. The SMILES string of the molecule is CC(=O)CCOC(=O)Nc1ccc(CO)cc1/C=C/C(=O)O. The number of ketones is 1. The standard InChI is InChI=1S/C15H17NO6/c1-10(18)6-7-22-15(21)16-13-4-2-11(9-17)8-12(13)3-5-14(19)20/h2-5,8,17H,6-7,9H2,1H3,(H,16,21)(H,19,20)/b5-3+. The van der Waals surface area contributed by atoms with Gasteiger partial charge in [-0.1, -0.05) is 6.07 Å². The van der Waals surface area contributed by atoms with E-state index in [0.717, 1.165) is 6.08 Å². The number of benzene rings is 1. The Bertz CT molecular complexity index is 594. The molecule has 0 atom stereocenters. The van der Waals surface area contributed by atoms with Gasteiger partial charge in [0, 0.05) is 12.5 Å². The van der Waals surface area contributed by atoms with Gasteiger partial charge in [-0.15, -0.1) is 0 Å². The van der Waals surface area contributed by atoms with Crippen LogP contribution < -0.4 is 5.32 Å². The molecular weight excluding hydrogens is 290 g/mol. The molecular formula is C15H17NO6. The van der Waals surface area contributed by atoms with Gasteiger partial charge in [0.25, 0.3) is 0 Å². The maximum Gasteiger partial charge on any atom is 0.411 e. The van der Waals surface area contributed by atoms with Crippen molar-refractivity contribution in [3.05, 3.63) is 35.4 Å². The number of anilines is 1. The molecule has 1 rings (SSSR count). The first-order valence-electron chi connectivity index (χ1n) is 6.50. The van der Waals surface area contributed by atoms with Crippen LogP contribution in [0, 0.1) is 0 Å². The highest BCUT2D eigenvalue weighted by molar-refractivity contribution is 5.91. The van der Waals surface area contributed by atoms with Crippen molar-refractivity contribution < 1.29 is 29.3 Å². The third-order valence-electron chi connectivity index (χ3n) is 2.63. The van der Waals surface area contributed by atoms with E-state index in [1.54, 1.807) is 12.1 Å². The van der Waals surface area contributed by atoms with Crippen LogP contribution >= 0.6 is 0 Å². The molecule has 0 aliphatic carbocycles. The Balaban J connectivity index is 2.81. The van der Waals surface area contributed by atoms with Crippen molar-refractivity contribution >= 4 is 29.6 Å². The first kappa shape index (κ1) is 17.4. The van der Waals surface area contributed by atoms with E-state index in [4.69, 9.17) is 14.9 Å². The molecule has 22 heavy (non-hydrogen) atoms. The van der Waals surface area contributed by atoms with E-state index in [2.05, 4.69) is 5.32 Å². The number of nitrogens with one attached hydrogen (secondary N) is 1. The normalized spacial score (nSPS) is 10.5. The van der Waals surface area contributed by atoms with Crippen molar-refractivity contribution in [3.63, 3.8) is 0 Å². The van der Waals surface area contributed by atoms with Crippen molar-refractivity contribution in [2.24, 2.45) is 0 Å². The minimum Gasteiger partial charge on any atom is -0.478 e. The minimum atomic E-state index is -1.13. The van der Waals surface area contributed by atoms with E-state index in [1.807, 2.05) is 0 Å². The molecule has 0 saturated carbocycles. The Morgan fingerprint density at radius 3 is 2.64 bits per heavy atom. The largest absolute Gasteiger partial charge is 0.478 e. The van der Waals surface area contributed by atoms with Crippen LogP contribution in [0.1, 0.15) is 24.5 Å². The molecule has 0 aliphatic heterocycles. The van der Waals surface area contributed by atoms with E-state index >= 15 is 0 Å². The first-order chi connectivity index (χ1) is 10.4. The maximum absolute atomic E-state index is 11.6. The number of Topliss-reactive ketones (excluding diaryl/α,β-unsaturated/α-hetero) is 1. The fraction of sp³-hybridized carbons (Fsp3) is 0.267. The highest BCUT2D eigenvalue weighted by Gasteiger charge is 2.08. The zero-order valence-electron chi connectivity index (χ0n) is 12.0. The summed E-state index contributed by atoms with van der Waals surface area (Å²) < 4.78 is 4.83. The number of ether oxygens (including phenoxy) is 1. The van der Waals surface area contributed by atoms with Gasteiger partial charge in [-0.2, -0.15) is 0 Å². The minimum absolute atomic E-state index is 0.0316. The van der Waals surface area contributed by atoms with Crippen LogP contribution in [0.15, 0.2) is 24.3 Å². The van der Waals surface area contributed by atoms with Gasteiger partial charge in [0.05, 0.1) is 12.3 Å². The second-order valence-electron chi connectivity index (χ2n) is 4.46. The van der Waals surface area contributed by atoms with Crippen molar-refractivity contribution in [3.8, 4) is 0 Å². The zero-order chi connectivity index (χ0) is 16.5. The predicted molar refractivity (Wildman–Crippen MR) is 79.3 cm³/mol. The lowest BCUT2D eigenvalue weighted by Gasteiger charge is -2.10. The summed E-state index contributed by atoms with van der Waals surface area (Å²) in [7, 11) is 0. The van der Waals surface area contributed by atoms with E-state index < -0.39 is 12.1 Å². The van der Waals surface area contributed by atoms with Crippen LogP contribution in [0.25, 0.3) is 6.08 Å². The Morgan fingerprint density at radius 1 is 1.32 bits per heavy atom. The van der Waals surface area contributed by atoms with E-state index in [0.29, 0.717) is 16.8 Å². The third kappa shape index (κ3) is 6.19. The van der Waals surface area contributed by atoms with Crippen LogP contribution in [-0.2, 0) is 20.9 Å². The molecule has 1 aromatic carbocycles. The number of carbonyl (C=O) groups is 3. The third-order valence-corrected chi connectivity index (χ3v) is 2.63. The maximum atomic E-state index is 11.6. The molecule has 0 spiro atoms. The average Bonchev–Trinajstić information content (AvgIpc) is 2.45. The quantitative estimate of drug-likeness (QED) is 0.662.